The highest BCUT2D eigenvalue weighted by Crippen LogP contribution is 2.34. The Morgan fingerprint density at radius 1 is 1.28 bits per heavy atom. The summed E-state index contributed by atoms with van der Waals surface area (Å²) < 4.78 is 8.59. The fourth-order valence-electron chi connectivity index (χ4n) is 3.70. The Kier molecular flexibility index (Phi) is 4.70. The molecule has 0 fully saturated rings. The Morgan fingerprint density at radius 3 is 2.76 bits per heavy atom. The third-order valence-corrected chi connectivity index (χ3v) is 5.43. The zero-order valence-electron chi connectivity index (χ0n) is 16.3. The molecule has 29 heavy (non-hydrogen) atoms. The minimum Gasteiger partial charge on any atom is -0.468 e. The number of ether oxygens (including phenoxy) is 1. The number of carbonyl (C=O) groups is 1. The van der Waals surface area contributed by atoms with Crippen molar-refractivity contribution in [3.63, 3.8) is 0 Å². The Morgan fingerprint density at radius 2 is 2.03 bits per heavy atom. The van der Waals surface area contributed by atoms with Gasteiger partial charge in [0, 0.05) is 30.8 Å². The number of aromatic nitrogens is 4. The van der Waals surface area contributed by atoms with E-state index in [4.69, 9.17) is 11.6 Å². The summed E-state index contributed by atoms with van der Waals surface area (Å²) in [5, 5.41) is 0.603. The van der Waals surface area contributed by atoms with Crippen molar-refractivity contribution in [2.75, 3.05) is 18.6 Å². The lowest BCUT2D eigenvalue weighted by molar-refractivity contribution is -0.141. The summed E-state index contributed by atoms with van der Waals surface area (Å²) in [6.45, 7) is 2.81. The summed E-state index contributed by atoms with van der Waals surface area (Å²) >= 11 is 6.20. The van der Waals surface area contributed by atoms with Crippen LogP contribution >= 0.6 is 11.6 Å². The van der Waals surface area contributed by atoms with Crippen LogP contribution in [0.1, 0.15) is 12.0 Å². The smallest absolute Gasteiger partial charge is 0.333 e. The first kappa shape index (κ1) is 19.3. The molecule has 0 spiro atoms. The fourth-order valence-corrected chi connectivity index (χ4v) is 3.87. The van der Waals surface area contributed by atoms with Crippen LogP contribution in [-0.4, -0.2) is 38.3 Å². The van der Waals surface area contributed by atoms with E-state index in [0.717, 1.165) is 22.2 Å². The van der Waals surface area contributed by atoms with Gasteiger partial charge >= 0.3 is 11.7 Å². The van der Waals surface area contributed by atoms with Crippen LogP contribution < -0.4 is 16.1 Å². The molecule has 0 amide bonds. The van der Waals surface area contributed by atoms with Crippen molar-refractivity contribution in [1.82, 2.24) is 18.7 Å². The molecule has 0 saturated carbocycles. The molecular weight excluding hydrogens is 398 g/mol. The maximum absolute atomic E-state index is 13.1. The molecule has 1 aromatic carbocycles. The summed E-state index contributed by atoms with van der Waals surface area (Å²) in [6, 6.07) is 5.61. The molecule has 0 saturated heterocycles. The summed E-state index contributed by atoms with van der Waals surface area (Å²) in [7, 11) is 2.74. The second kappa shape index (κ2) is 7.07. The molecule has 0 N–H and O–H groups in total. The van der Waals surface area contributed by atoms with E-state index in [1.165, 1.54) is 18.7 Å². The molecule has 1 aliphatic rings. The highest BCUT2D eigenvalue weighted by molar-refractivity contribution is 6.30. The molecule has 1 aliphatic heterocycles. The summed E-state index contributed by atoms with van der Waals surface area (Å²) in [4.78, 5) is 44.1. The van der Waals surface area contributed by atoms with Crippen molar-refractivity contribution >= 4 is 40.4 Å². The first-order chi connectivity index (χ1) is 13.8. The number of esters is 1. The topological polar surface area (TPSA) is 91.4 Å². The number of fused-ring (bicyclic) bond motifs is 3. The van der Waals surface area contributed by atoms with Crippen LogP contribution in [0.25, 0.3) is 11.2 Å². The van der Waals surface area contributed by atoms with Gasteiger partial charge in [-0.2, -0.15) is 4.98 Å². The van der Waals surface area contributed by atoms with Crippen LogP contribution in [0.5, 0.6) is 0 Å². The second-order valence-corrected chi connectivity index (χ2v) is 7.42. The van der Waals surface area contributed by atoms with Crippen molar-refractivity contribution in [2.45, 2.75) is 26.4 Å². The molecule has 3 heterocycles. The monoisotopic (exact) mass is 417 g/mol. The van der Waals surface area contributed by atoms with Gasteiger partial charge in [-0.3, -0.25) is 14.2 Å². The third kappa shape index (κ3) is 3.02. The molecule has 2 aromatic heterocycles. The molecule has 3 aromatic rings. The molecule has 152 valence electrons. The van der Waals surface area contributed by atoms with E-state index in [0.29, 0.717) is 24.1 Å². The molecular formula is C19H20ClN5O4. The first-order valence-electron chi connectivity index (χ1n) is 9.14. The number of aryl methyl sites for hydroxylation is 3. The van der Waals surface area contributed by atoms with Gasteiger partial charge in [-0.15, -0.1) is 0 Å². The molecule has 0 bridgehead atoms. The zero-order valence-corrected chi connectivity index (χ0v) is 17.1. The van der Waals surface area contributed by atoms with Gasteiger partial charge in [-0.05, 0) is 31.0 Å². The number of rotatable bonds is 3. The summed E-state index contributed by atoms with van der Waals surface area (Å²) in [5.41, 5.74) is 1.31. The van der Waals surface area contributed by atoms with Gasteiger partial charge in [0.2, 0.25) is 5.95 Å². The molecule has 0 atom stereocenters. The van der Waals surface area contributed by atoms with E-state index in [1.807, 2.05) is 30.0 Å². The van der Waals surface area contributed by atoms with Crippen molar-refractivity contribution < 1.29 is 9.53 Å². The van der Waals surface area contributed by atoms with Crippen molar-refractivity contribution in [1.29, 1.82) is 0 Å². The minimum atomic E-state index is -0.668. The number of anilines is 2. The molecule has 0 aliphatic carbocycles. The van der Waals surface area contributed by atoms with Crippen molar-refractivity contribution in [3.05, 3.63) is 49.6 Å². The van der Waals surface area contributed by atoms with Crippen LogP contribution in [0.15, 0.2) is 27.8 Å². The van der Waals surface area contributed by atoms with E-state index in [9.17, 15) is 14.4 Å². The SMILES string of the molecule is COC(=O)Cn1c(=O)c2c(nc3n2CCCN3c2cc(Cl)ccc2C)n(C)c1=O. The third-order valence-electron chi connectivity index (χ3n) is 5.19. The fraction of sp³-hybridized carbons (Fsp3) is 0.368. The van der Waals surface area contributed by atoms with E-state index in [1.54, 1.807) is 4.57 Å². The van der Waals surface area contributed by atoms with Gasteiger partial charge < -0.3 is 14.2 Å². The van der Waals surface area contributed by atoms with Crippen LogP contribution in [0.4, 0.5) is 11.6 Å². The average molecular weight is 418 g/mol. The average Bonchev–Trinajstić information content (AvgIpc) is 3.11. The van der Waals surface area contributed by atoms with Gasteiger partial charge in [-0.25, -0.2) is 9.36 Å². The predicted octanol–water partition coefficient (Wildman–Crippen LogP) is 1.57. The molecule has 0 radical (unpaired) electrons. The van der Waals surface area contributed by atoms with Gasteiger partial charge in [-0.1, -0.05) is 17.7 Å². The van der Waals surface area contributed by atoms with Crippen molar-refractivity contribution in [2.24, 2.45) is 7.05 Å². The second-order valence-electron chi connectivity index (χ2n) is 6.98. The Bertz CT molecular complexity index is 1260. The minimum absolute atomic E-state index is 0.280. The maximum Gasteiger partial charge on any atom is 0.333 e. The van der Waals surface area contributed by atoms with Crippen LogP contribution in [-0.2, 0) is 29.7 Å². The number of benzene rings is 1. The Hall–Kier alpha value is -3.07. The van der Waals surface area contributed by atoms with E-state index < -0.39 is 23.8 Å². The Labute approximate surface area is 170 Å². The quantitative estimate of drug-likeness (QED) is 0.601. The summed E-state index contributed by atoms with van der Waals surface area (Å²) in [6.07, 6.45) is 0.781. The van der Waals surface area contributed by atoms with Crippen molar-refractivity contribution in [3.8, 4) is 0 Å². The van der Waals surface area contributed by atoms with E-state index in [-0.39, 0.29) is 11.2 Å². The van der Waals surface area contributed by atoms with Crippen LogP contribution in [0.3, 0.4) is 0 Å². The highest BCUT2D eigenvalue weighted by atomic mass is 35.5. The number of hydrogen-bond acceptors (Lipinski definition) is 6. The number of halogens is 1. The number of nitrogens with zero attached hydrogens (tertiary/aromatic N) is 5. The molecule has 0 unspecified atom stereocenters. The number of carbonyl (C=O) groups excluding carboxylic acids is 1. The van der Waals surface area contributed by atoms with E-state index >= 15 is 0 Å². The van der Waals surface area contributed by atoms with E-state index in [2.05, 4.69) is 9.72 Å². The normalized spacial score (nSPS) is 13.6. The predicted molar refractivity (Wildman–Crippen MR) is 109 cm³/mol. The Balaban J connectivity index is 1.98. The van der Waals surface area contributed by atoms with Crippen LogP contribution in [0.2, 0.25) is 5.02 Å². The lowest BCUT2D eigenvalue weighted by Gasteiger charge is -2.30. The largest absolute Gasteiger partial charge is 0.468 e. The van der Waals surface area contributed by atoms with Gasteiger partial charge in [0.05, 0.1) is 7.11 Å². The number of hydrogen-bond donors (Lipinski definition) is 0. The number of imidazole rings is 1. The van der Waals surface area contributed by atoms with Gasteiger partial charge in [0.1, 0.15) is 6.54 Å². The molecule has 9 nitrogen and oxygen atoms in total. The van der Waals surface area contributed by atoms with Crippen LogP contribution in [0, 0.1) is 6.92 Å². The maximum atomic E-state index is 13.1. The zero-order chi connectivity index (χ0) is 20.9. The van der Waals surface area contributed by atoms with Gasteiger partial charge in [0.25, 0.3) is 5.56 Å². The highest BCUT2D eigenvalue weighted by Gasteiger charge is 2.28. The first-order valence-corrected chi connectivity index (χ1v) is 9.52. The van der Waals surface area contributed by atoms with Gasteiger partial charge in [0.15, 0.2) is 11.2 Å². The summed E-state index contributed by atoms with van der Waals surface area (Å²) in [5.74, 6) is -0.0994. The molecule has 4 rings (SSSR count). The number of methoxy groups -OCH3 is 1. The standard InChI is InChI=1S/C19H20ClN5O4/c1-11-5-6-12(20)9-13(11)23-7-4-8-24-15-16(21-18(23)24)22(2)19(28)25(17(15)27)10-14(26)29-3/h5-6,9H,4,7-8,10H2,1-3H3. The lowest BCUT2D eigenvalue weighted by atomic mass is 10.1. The lowest BCUT2D eigenvalue weighted by Crippen LogP contribution is -2.41. The molecule has 10 heteroatoms.